The average molecular weight is 284 g/mol. The van der Waals surface area contributed by atoms with Crippen LogP contribution in [0.5, 0.6) is 0 Å². The third-order valence-corrected chi connectivity index (χ3v) is 4.11. The highest BCUT2D eigenvalue weighted by Crippen LogP contribution is 2.17. The van der Waals surface area contributed by atoms with Crippen molar-refractivity contribution in [1.82, 2.24) is 0 Å². The molecule has 0 fully saturated rings. The smallest absolute Gasteiger partial charge is 0.305 e. The van der Waals surface area contributed by atoms with Gasteiger partial charge in [0.2, 0.25) is 0 Å². The molecule has 2 nitrogen and oxygen atoms in total. The molecule has 0 bridgehead atoms. The number of carbonyl (C=O) groups is 1. The second kappa shape index (κ2) is 14.9. The van der Waals surface area contributed by atoms with Gasteiger partial charge in [-0.25, -0.2) is 0 Å². The lowest BCUT2D eigenvalue weighted by Crippen LogP contribution is -1.99. The molecule has 120 valence electrons. The van der Waals surface area contributed by atoms with Gasteiger partial charge >= 0.3 is 5.97 Å². The van der Waals surface area contributed by atoms with Crippen molar-refractivity contribution in [2.75, 3.05) is 7.11 Å². The molecule has 0 aromatic heterocycles. The summed E-state index contributed by atoms with van der Waals surface area (Å²) in [6, 6.07) is 0. The summed E-state index contributed by atoms with van der Waals surface area (Å²) in [5, 5.41) is 0. The molecule has 2 heteroatoms. The Morgan fingerprint density at radius 2 is 1.35 bits per heavy atom. The van der Waals surface area contributed by atoms with Crippen LogP contribution in [0.25, 0.3) is 0 Å². The van der Waals surface area contributed by atoms with Crippen LogP contribution in [-0.4, -0.2) is 13.1 Å². The minimum Gasteiger partial charge on any atom is -0.469 e. The molecule has 0 N–H and O–H groups in total. The van der Waals surface area contributed by atoms with Gasteiger partial charge < -0.3 is 4.74 Å². The summed E-state index contributed by atoms with van der Waals surface area (Å²) in [5.41, 5.74) is 0. The SMILES string of the molecule is CCCCC(C)CCCCCCCCCCC(=O)OC. The molecule has 0 aliphatic heterocycles. The van der Waals surface area contributed by atoms with Crippen LogP contribution in [0.2, 0.25) is 0 Å². The van der Waals surface area contributed by atoms with E-state index in [0.29, 0.717) is 6.42 Å². The summed E-state index contributed by atoms with van der Waals surface area (Å²) in [6.45, 7) is 4.68. The molecule has 0 spiro atoms. The van der Waals surface area contributed by atoms with E-state index in [4.69, 9.17) is 0 Å². The molecule has 0 rings (SSSR count). The van der Waals surface area contributed by atoms with Crippen molar-refractivity contribution < 1.29 is 9.53 Å². The van der Waals surface area contributed by atoms with Crippen LogP contribution in [0, 0.1) is 5.92 Å². The predicted octanol–water partition coefficient (Wildman–Crippen LogP) is 5.89. The van der Waals surface area contributed by atoms with Crippen molar-refractivity contribution in [2.45, 2.75) is 97.3 Å². The van der Waals surface area contributed by atoms with Crippen LogP contribution in [-0.2, 0) is 9.53 Å². The van der Waals surface area contributed by atoms with Crippen molar-refractivity contribution in [3.05, 3.63) is 0 Å². The van der Waals surface area contributed by atoms with Crippen LogP contribution >= 0.6 is 0 Å². The van der Waals surface area contributed by atoms with Crippen LogP contribution in [0.4, 0.5) is 0 Å². The van der Waals surface area contributed by atoms with Gasteiger partial charge in [0, 0.05) is 6.42 Å². The number of methoxy groups -OCH3 is 1. The number of unbranched alkanes of at least 4 members (excludes halogenated alkanes) is 8. The molecular formula is C18H36O2. The van der Waals surface area contributed by atoms with Gasteiger partial charge in [0.25, 0.3) is 0 Å². The average Bonchev–Trinajstić information content (AvgIpc) is 2.46. The highest BCUT2D eigenvalue weighted by atomic mass is 16.5. The third kappa shape index (κ3) is 13.9. The number of hydrogen-bond acceptors (Lipinski definition) is 2. The normalized spacial score (nSPS) is 12.3. The van der Waals surface area contributed by atoms with E-state index in [1.807, 2.05) is 0 Å². The Morgan fingerprint density at radius 1 is 0.850 bits per heavy atom. The first-order valence-corrected chi connectivity index (χ1v) is 8.77. The van der Waals surface area contributed by atoms with Crippen LogP contribution in [0.1, 0.15) is 97.3 Å². The molecule has 0 aromatic rings. The van der Waals surface area contributed by atoms with E-state index in [9.17, 15) is 4.79 Å². The van der Waals surface area contributed by atoms with Gasteiger partial charge in [0.15, 0.2) is 0 Å². The van der Waals surface area contributed by atoms with E-state index in [1.165, 1.54) is 77.7 Å². The molecule has 0 aromatic carbocycles. The number of hydrogen-bond donors (Lipinski definition) is 0. The zero-order chi connectivity index (χ0) is 15.1. The van der Waals surface area contributed by atoms with Crippen LogP contribution in [0.3, 0.4) is 0 Å². The van der Waals surface area contributed by atoms with Crippen molar-refractivity contribution in [2.24, 2.45) is 5.92 Å². The van der Waals surface area contributed by atoms with E-state index in [1.54, 1.807) is 0 Å². The maximum Gasteiger partial charge on any atom is 0.305 e. The molecule has 1 unspecified atom stereocenters. The zero-order valence-electron chi connectivity index (χ0n) is 14.1. The van der Waals surface area contributed by atoms with Crippen LogP contribution < -0.4 is 0 Å². The summed E-state index contributed by atoms with van der Waals surface area (Å²) in [6.07, 6.45) is 16.5. The van der Waals surface area contributed by atoms with E-state index in [2.05, 4.69) is 18.6 Å². The van der Waals surface area contributed by atoms with Gasteiger partial charge in [-0.15, -0.1) is 0 Å². The summed E-state index contributed by atoms with van der Waals surface area (Å²) in [5.74, 6) is 0.857. The number of carbonyl (C=O) groups excluding carboxylic acids is 1. The Morgan fingerprint density at radius 3 is 1.90 bits per heavy atom. The van der Waals surface area contributed by atoms with E-state index in [-0.39, 0.29) is 5.97 Å². The maximum atomic E-state index is 10.9. The summed E-state index contributed by atoms with van der Waals surface area (Å²) < 4.78 is 4.63. The molecule has 0 aliphatic rings. The van der Waals surface area contributed by atoms with E-state index < -0.39 is 0 Å². The van der Waals surface area contributed by atoms with Gasteiger partial charge in [-0.3, -0.25) is 4.79 Å². The first-order valence-electron chi connectivity index (χ1n) is 8.77. The van der Waals surface area contributed by atoms with Crippen molar-refractivity contribution >= 4 is 5.97 Å². The molecule has 0 heterocycles. The fourth-order valence-corrected chi connectivity index (χ4v) is 2.62. The number of rotatable bonds is 14. The van der Waals surface area contributed by atoms with Gasteiger partial charge in [-0.2, -0.15) is 0 Å². The predicted molar refractivity (Wildman–Crippen MR) is 86.9 cm³/mol. The minimum absolute atomic E-state index is 0.0674. The fourth-order valence-electron chi connectivity index (χ4n) is 2.62. The van der Waals surface area contributed by atoms with Gasteiger partial charge in [0.05, 0.1) is 7.11 Å². The van der Waals surface area contributed by atoms with Gasteiger partial charge in [-0.1, -0.05) is 84.5 Å². The molecule has 0 saturated heterocycles. The minimum atomic E-state index is -0.0674. The summed E-state index contributed by atoms with van der Waals surface area (Å²) in [4.78, 5) is 10.9. The third-order valence-electron chi connectivity index (χ3n) is 4.11. The molecule has 0 amide bonds. The monoisotopic (exact) mass is 284 g/mol. The van der Waals surface area contributed by atoms with Crippen LogP contribution in [0.15, 0.2) is 0 Å². The molecule has 1 atom stereocenters. The summed E-state index contributed by atoms with van der Waals surface area (Å²) in [7, 11) is 1.46. The Kier molecular flexibility index (Phi) is 14.5. The Hall–Kier alpha value is -0.530. The lowest BCUT2D eigenvalue weighted by Gasteiger charge is -2.10. The Labute approximate surface area is 126 Å². The molecule has 0 radical (unpaired) electrons. The standard InChI is InChI=1S/C18H36O2/c1-4-5-14-17(2)15-12-10-8-6-7-9-11-13-16-18(19)20-3/h17H,4-16H2,1-3H3. The second-order valence-electron chi connectivity index (χ2n) is 6.19. The molecule has 0 saturated carbocycles. The Balaban J connectivity index is 3.11. The van der Waals surface area contributed by atoms with E-state index in [0.717, 1.165) is 12.3 Å². The van der Waals surface area contributed by atoms with Crippen molar-refractivity contribution in [3.8, 4) is 0 Å². The largest absolute Gasteiger partial charge is 0.469 e. The topological polar surface area (TPSA) is 26.3 Å². The molecule has 20 heavy (non-hydrogen) atoms. The first-order chi connectivity index (χ1) is 9.70. The maximum absolute atomic E-state index is 10.9. The zero-order valence-corrected chi connectivity index (χ0v) is 14.1. The van der Waals surface area contributed by atoms with Gasteiger partial charge in [-0.05, 0) is 12.3 Å². The number of esters is 1. The van der Waals surface area contributed by atoms with Crippen molar-refractivity contribution in [3.63, 3.8) is 0 Å². The second-order valence-corrected chi connectivity index (χ2v) is 6.19. The first kappa shape index (κ1) is 19.5. The highest BCUT2D eigenvalue weighted by Gasteiger charge is 2.01. The van der Waals surface area contributed by atoms with E-state index >= 15 is 0 Å². The molecular weight excluding hydrogens is 248 g/mol. The lowest BCUT2D eigenvalue weighted by atomic mass is 9.97. The fraction of sp³-hybridized carbons (Fsp3) is 0.944. The Bertz CT molecular complexity index is 213. The lowest BCUT2D eigenvalue weighted by molar-refractivity contribution is -0.140. The quantitative estimate of drug-likeness (QED) is 0.294. The highest BCUT2D eigenvalue weighted by molar-refractivity contribution is 5.68. The molecule has 0 aliphatic carbocycles. The van der Waals surface area contributed by atoms with Gasteiger partial charge in [0.1, 0.15) is 0 Å². The number of ether oxygens (including phenoxy) is 1. The van der Waals surface area contributed by atoms with Crippen molar-refractivity contribution in [1.29, 1.82) is 0 Å². The summed E-state index contributed by atoms with van der Waals surface area (Å²) >= 11 is 0.